The Morgan fingerprint density at radius 3 is 3.06 bits per heavy atom. The summed E-state index contributed by atoms with van der Waals surface area (Å²) < 4.78 is 0. The molecule has 0 aromatic heterocycles. The predicted octanol–water partition coefficient (Wildman–Crippen LogP) is 2.21. The molecule has 1 saturated heterocycles. The SMILES string of the molecule is CCCC(C)C(=O)NC12CCCCC1NCC2. The van der Waals surface area contributed by atoms with Gasteiger partial charge in [-0.15, -0.1) is 0 Å². The van der Waals surface area contributed by atoms with Crippen molar-refractivity contribution in [3.8, 4) is 0 Å². The smallest absolute Gasteiger partial charge is 0.223 e. The van der Waals surface area contributed by atoms with E-state index in [9.17, 15) is 4.79 Å². The van der Waals surface area contributed by atoms with Gasteiger partial charge in [-0.05, 0) is 32.2 Å². The molecule has 3 atom stereocenters. The summed E-state index contributed by atoms with van der Waals surface area (Å²) in [4.78, 5) is 12.2. The highest BCUT2D eigenvalue weighted by molar-refractivity contribution is 5.79. The molecule has 1 aliphatic carbocycles. The molecule has 0 radical (unpaired) electrons. The number of amides is 1. The lowest BCUT2D eigenvalue weighted by atomic mass is 9.77. The Morgan fingerprint density at radius 1 is 1.47 bits per heavy atom. The number of hydrogen-bond acceptors (Lipinski definition) is 2. The molecule has 2 rings (SSSR count). The molecule has 1 heterocycles. The van der Waals surface area contributed by atoms with E-state index < -0.39 is 0 Å². The molecule has 1 aliphatic heterocycles. The zero-order valence-corrected chi connectivity index (χ0v) is 11.2. The van der Waals surface area contributed by atoms with Crippen LogP contribution in [-0.2, 0) is 4.79 Å². The zero-order chi connectivity index (χ0) is 12.3. The molecular weight excluding hydrogens is 212 g/mol. The lowest BCUT2D eigenvalue weighted by molar-refractivity contribution is -0.127. The summed E-state index contributed by atoms with van der Waals surface area (Å²) in [6.45, 7) is 5.26. The van der Waals surface area contributed by atoms with Gasteiger partial charge in [0.2, 0.25) is 5.91 Å². The molecule has 1 saturated carbocycles. The van der Waals surface area contributed by atoms with Crippen molar-refractivity contribution in [2.75, 3.05) is 6.54 Å². The van der Waals surface area contributed by atoms with Crippen LogP contribution in [0.15, 0.2) is 0 Å². The van der Waals surface area contributed by atoms with Gasteiger partial charge in [0.05, 0.1) is 5.54 Å². The van der Waals surface area contributed by atoms with Crippen LogP contribution in [-0.4, -0.2) is 24.0 Å². The third-order valence-corrected chi connectivity index (χ3v) is 4.54. The second-order valence-corrected chi connectivity index (χ2v) is 5.84. The topological polar surface area (TPSA) is 41.1 Å². The predicted molar refractivity (Wildman–Crippen MR) is 69.8 cm³/mol. The average Bonchev–Trinajstić information content (AvgIpc) is 2.72. The van der Waals surface area contributed by atoms with Gasteiger partial charge in [-0.2, -0.15) is 0 Å². The summed E-state index contributed by atoms with van der Waals surface area (Å²) in [6, 6.07) is 0.522. The van der Waals surface area contributed by atoms with Gasteiger partial charge < -0.3 is 10.6 Å². The number of carbonyl (C=O) groups excluding carboxylic acids is 1. The van der Waals surface area contributed by atoms with E-state index in [-0.39, 0.29) is 17.4 Å². The summed E-state index contributed by atoms with van der Waals surface area (Å²) >= 11 is 0. The van der Waals surface area contributed by atoms with Crippen LogP contribution in [0.1, 0.15) is 58.8 Å². The van der Waals surface area contributed by atoms with Gasteiger partial charge in [0.1, 0.15) is 0 Å². The summed E-state index contributed by atoms with van der Waals surface area (Å²) in [7, 11) is 0. The molecule has 17 heavy (non-hydrogen) atoms. The van der Waals surface area contributed by atoms with Gasteiger partial charge >= 0.3 is 0 Å². The highest BCUT2D eigenvalue weighted by Crippen LogP contribution is 2.35. The van der Waals surface area contributed by atoms with Crippen molar-refractivity contribution in [3.63, 3.8) is 0 Å². The monoisotopic (exact) mass is 238 g/mol. The molecule has 0 aromatic rings. The molecule has 0 bridgehead atoms. The van der Waals surface area contributed by atoms with Crippen LogP contribution in [0.4, 0.5) is 0 Å². The van der Waals surface area contributed by atoms with Crippen molar-refractivity contribution >= 4 is 5.91 Å². The molecule has 0 aromatic carbocycles. The zero-order valence-electron chi connectivity index (χ0n) is 11.2. The molecule has 0 spiro atoms. The van der Waals surface area contributed by atoms with E-state index in [0.29, 0.717) is 6.04 Å². The van der Waals surface area contributed by atoms with Crippen molar-refractivity contribution in [2.24, 2.45) is 5.92 Å². The van der Waals surface area contributed by atoms with E-state index in [0.717, 1.165) is 32.2 Å². The van der Waals surface area contributed by atoms with E-state index in [2.05, 4.69) is 24.5 Å². The molecule has 2 fully saturated rings. The first-order valence-corrected chi connectivity index (χ1v) is 7.23. The van der Waals surface area contributed by atoms with Crippen molar-refractivity contribution in [1.29, 1.82) is 0 Å². The summed E-state index contributed by atoms with van der Waals surface area (Å²) in [5.41, 5.74) is 0.0807. The minimum atomic E-state index is 0.0807. The Bertz CT molecular complexity index is 279. The van der Waals surface area contributed by atoms with Crippen molar-refractivity contribution in [2.45, 2.75) is 70.4 Å². The van der Waals surface area contributed by atoms with Gasteiger partial charge in [-0.1, -0.05) is 33.1 Å². The molecule has 98 valence electrons. The van der Waals surface area contributed by atoms with Crippen LogP contribution in [0.5, 0.6) is 0 Å². The third kappa shape index (κ3) is 2.65. The van der Waals surface area contributed by atoms with Gasteiger partial charge in [-0.3, -0.25) is 4.79 Å². The van der Waals surface area contributed by atoms with E-state index >= 15 is 0 Å². The van der Waals surface area contributed by atoms with Crippen molar-refractivity contribution in [3.05, 3.63) is 0 Å². The quantitative estimate of drug-likeness (QED) is 0.788. The van der Waals surface area contributed by atoms with Gasteiger partial charge in [0, 0.05) is 12.0 Å². The summed E-state index contributed by atoms with van der Waals surface area (Å²) in [6.07, 6.45) is 8.16. The number of hydrogen-bond donors (Lipinski definition) is 2. The first-order chi connectivity index (χ1) is 8.18. The number of rotatable bonds is 4. The highest BCUT2D eigenvalue weighted by Gasteiger charge is 2.45. The molecular formula is C14H26N2O. The number of nitrogens with one attached hydrogen (secondary N) is 2. The molecule has 3 nitrogen and oxygen atoms in total. The fourth-order valence-corrected chi connectivity index (χ4v) is 3.45. The largest absolute Gasteiger partial charge is 0.349 e. The van der Waals surface area contributed by atoms with E-state index in [4.69, 9.17) is 0 Å². The normalized spacial score (nSPS) is 34.1. The van der Waals surface area contributed by atoms with E-state index in [1.807, 2.05) is 0 Å². The molecule has 1 amide bonds. The number of carbonyl (C=O) groups is 1. The summed E-state index contributed by atoms with van der Waals surface area (Å²) in [5, 5.41) is 6.94. The maximum Gasteiger partial charge on any atom is 0.223 e. The van der Waals surface area contributed by atoms with Crippen LogP contribution >= 0.6 is 0 Å². The Hall–Kier alpha value is -0.570. The molecule has 2 aliphatic rings. The van der Waals surface area contributed by atoms with Gasteiger partial charge in [0.25, 0.3) is 0 Å². The highest BCUT2D eigenvalue weighted by atomic mass is 16.2. The number of fused-ring (bicyclic) bond motifs is 1. The fourth-order valence-electron chi connectivity index (χ4n) is 3.45. The Kier molecular flexibility index (Phi) is 4.08. The first kappa shape index (κ1) is 12.9. The fraction of sp³-hybridized carbons (Fsp3) is 0.929. The standard InChI is InChI=1S/C14H26N2O/c1-3-6-11(2)13(17)16-14-8-5-4-7-12(14)15-10-9-14/h11-12,15H,3-10H2,1-2H3,(H,16,17). The second-order valence-electron chi connectivity index (χ2n) is 5.84. The molecule has 3 heteroatoms. The van der Waals surface area contributed by atoms with Crippen LogP contribution in [0.25, 0.3) is 0 Å². The van der Waals surface area contributed by atoms with E-state index in [1.165, 1.54) is 19.3 Å². The van der Waals surface area contributed by atoms with Crippen LogP contribution < -0.4 is 10.6 Å². The van der Waals surface area contributed by atoms with Crippen molar-refractivity contribution < 1.29 is 4.79 Å². The third-order valence-electron chi connectivity index (χ3n) is 4.54. The second kappa shape index (κ2) is 5.38. The summed E-state index contributed by atoms with van der Waals surface area (Å²) in [5.74, 6) is 0.431. The molecule has 3 unspecified atom stereocenters. The first-order valence-electron chi connectivity index (χ1n) is 7.23. The maximum absolute atomic E-state index is 12.2. The Balaban J connectivity index is 1.98. The minimum Gasteiger partial charge on any atom is -0.349 e. The lowest BCUT2D eigenvalue weighted by Gasteiger charge is -2.40. The van der Waals surface area contributed by atoms with Crippen molar-refractivity contribution in [1.82, 2.24) is 10.6 Å². The average molecular weight is 238 g/mol. The van der Waals surface area contributed by atoms with Gasteiger partial charge in [0.15, 0.2) is 0 Å². The van der Waals surface area contributed by atoms with E-state index in [1.54, 1.807) is 0 Å². The van der Waals surface area contributed by atoms with Crippen LogP contribution in [0.3, 0.4) is 0 Å². The minimum absolute atomic E-state index is 0.0807. The lowest BCUT2D eigenvalue weighted by Crippen LogP contribution is -2.58. The van der Waals surface area contributed by atoms with Crippen LogP contribution in [0, 0.1) is 5.92 Å². The van der Waals surface area contributed by atoms with Gasteiger partial charge in [-0.25, -0.2) is 0 Å². The maximum atomic E-state index is 12.2. The Morgan fingerprint density at radius 2 is 2.29 bits per heavy atom. The molecule has 2 N–H and O–H groups in total. The van der Waals surface area contributed by atoms with Crippen LogP contribution in [0.2, 0.25) is 0 Å². The Labute approximate surface area is 105 Å².